The lowest BCUT2D eigenvalue weighted by molar-refractivity contribution is 0.332. The number of rotatable bonds is 5. The molecule has 2 aliphatic carbocycles. The molecule has 418 valence electrons. The summed E-state index contributed by atoms with van der Waals surface area (Å²) in [6, 6.07) is 52.3. The molecule has 8 aromatic carbocycles. The predicted octanol–water partition coefficient (Wildman–Crippen LogP) is 20.0. The SMILES string of the molecule is [2H]C([2H])([2H])c1cc2c3c(c1)N(c1ccc4c(oc5ccccc54)c1C(C)(C)C)c1cc(N(c4ccc(C(C)(C)C)cc4)c4ccc(C(C)(C)C)cc4)ccc1B3c1cc3c(cc1N2c1cc2c(cc1C)C(C)(C)CCC2(C)C)C(C)(C)CC3(C)C. The zero-order valence-electron chi connectivity index (χ0n) is 55.2. The second-order valence-electron chi connectivity index (χ2n) is 30.7. The van der Waals surface area contributed by atoms with Crippen molar-refractivity contribution in [3.05, 3.63) is 190 Å². The number of hydrogen-bond donors (Lipinski definition) is 0. The molecule has 0 unspecified atom stereocenters. The lowest BCUT2D eigenvalue weighted by Gasteiger charge is -2.47. The Labute approximate surface area is 495 Å². The molecule has 0 fully saturated rings. The first kappa shape index (κ1) is 50.7. The van der Waals surface area contributed by atoms with Gasteiger partial charge in [0.1, 0.15) is 11.2 Å². The zero-order chi connectivity index (χ0) is 60.8. The number of para-hydroxylation sites is 1. The van der Waals surface area contributed by atoms with Crippen molar-refractivity contribution in [2.75, 3.05) is 14.7 Å². The Morgan fingerprint density at radius 3 is 1.56 bits per heavy atom. The molecule has 3 heterocycles. The normalized spacial score (nSPS) is 18.1. The first-order chi connectivity index (χ1) is 39.5. The largest absolute Gasteiger partial charge is 0.456 e. The van der Waals surface area contributed by atoms with Gasteiger partial charge in [-0.25, -0.2) is 0 Å². The van der Waals surface area contributed by atoms with Crippen LogP contribution >= 0.6 is 0 Å². The lowest BCUT2D eigenvalue weighted by atomic mass is 9.33. The molecule has 82 heavy (non-hydrogen) atoms. The van der Waals surface area contributed by atoms with Gasteiger partial charge in [-0.15, -0.1) is 0 Å². The summed E-state index contributed by atoms with van der Waals surface area (Å²) in [7, 11) is 0. The zero-order valence-corrected chi connectivity index (χ0v) is 52.2. The van der Waals surface area contributed by atoms with E-state index < -0.39 is 12.3 Å². The topological polar surface area (TPSA) is 22.9 Å². The second kappa shape index (κ2) is 17.8. The van der Waals surface area contributed by atoms with Crippen molar-refractivity contribution in [2.24, 2.45) is 0 Å². The number of nitrogens with zero attached hydrogens (tertiary/aromatic N) is 3. The summed E-state index contributed by atoms with van der Waals surface area (Å²) < 4.78 is 35.6. The molecule has 4 aliphatic rings. The van der Waals surface area contributed by atoms with Crippen LogP contribution in [0, 0.1) is 13.8 Å². The summed E-state index contributed by atoms with van der Waals surface area (Å²) in [6.45, 7) is 39.3. The van der Waals surface area contributed by atoms with Gasteiger partial charge in [-0.1, -0.05) is 178 Å². The van der Waals surface area contributed by atoms with E-state index in [4.69, 9.17) is 4.42 Å². The van der Waals surface area contributed by atoms with E-state index in [0.717, 1.165) is 109 Å². The van der Waals surface area contributed by atoms with Crippen molar-refractivity contribution < 1.29 is 8.53 Å². The molecular weight excluding hydrogens is 994 g/mol. The first-order valence-electron chi connectivity index (χ1n) is 31.8. The highest BCUT2D eigenvalue weighted by Gasteiger charge is 2.49. The molecule has 0 N–H and O–H groups in total. The first-order valence-corrected chi connectivity index (χ1v) is 30.3. The Bertz CT molecular complexity index is 4170. The van der Waals surface area contributed by atoms with Crippen LogP contribution in [0.25, 0.3) is 21.9 Å². The van der Waals surface area contributed by atoms with Crippen molar-refractivity contribution in [1.82, 2.24) is 0 Å². The maximum atomic E-state index is 9.49. The van der Waals surface area contributed by atoms with E-state index in [1.54, 1.807) is 0 Å². The van der Waals surface area contributed by atoms with E-state index in [0.29, 0.717) is 5.56 Å². The standard InChI is InChI=1S/C77H86BN3O/c1-46-38-65-69-66(39-46)81(62-43-57-55(40-47(62)2)74(12,13)36-37-75(57,14)15)64-44-58-56(76(16,17)45-77(58,18)19)42-60(64)78(69)59-34-32-52(79(50-28-24-48(25-29-50)71(3,4)5)51-30-26-49(27-31-51)72(6,7)8)41-63(59)80(65)61-35-33-54-53-22-20-21-23-67(53)82-70(54)68(61)73(9,10)11/h20-35,38-44H,36-37,45H2,1-19H3/i1D3. The maximum absolute atomic E-state index is 9.49. The van der Waals surface area contributed by atoms with Gasteiger partial charge in [0.15, 0.2) is 0 Å². The molecule has 9 aromatic rings. The highest BCUT2D eigenvalue weighted by molar-refractivity contribution is 7.00. The summed E-state index contributed by atoms with van der Waals surface area (Å²) in [5.74, 6) is 0. The van der Waals surface area contributed by atoms with Crippen molar-refractivity contribution in [3.8, 4) is 0 Å². The van der Waals surface area contributed by atoms with E-state index in [1.807, 2.05) is 18.2 Å². The molecule has 0 bridgehead atoms. The molecule has 0 saturated heterocycles. The van der Waals surface area contributed by atoms with Gasteiger partial charge >= 0.3 is 0 Å². The maximum Gasteiger partial charge on any atom is 0.252 e. The predicted molar refractivity (Wildman–Crippen MR) is 354 cm³/mol. The Kier molecular flexibility index (Phi) is 11.0. The van der Waals surface area contributed by atoms with Gasteiger partial charge in [-0.2, -0.15) is 0 Å². The fourth-order valence-electron chi connectivity index (χ4n) is 15.4. The van der Waals surface area contributed by atoms with Crippen molar-refractivity contribution in [1.29, 1.82) is 0 Å². The smallest absolute Gasteiger partial charge is 0.252 e. The summed E-state index contributed by atoms with van der Waals surface area (Å²) in [6.07, 6.45) is 3.21. The minimum Gasteiger partial charge on any atom is -0.456 e. The van der Waals surface area contributed by atoms with Crippen LogP contribution in [-0.4, -0.2) is 6.71 Å². The van der Waals surface area contributed by atoms with E-state index in [-0.39, 0.29) is 39.2 Å². The molecule has 0 amide bonds. The fourth-order valence-corrected chi connectivity index (χ4v) is 15.4. The Morgan fingerprint density at radius 1 is 0.476 bits per heavy atom. The molecule has 1 aromatic heterocycles. The number of anilines is 9. The van der Waals surface area contributed by atoms with Gasteiger partial charge < -0.3 is 19.1 Å². The van der Waals surface area contributed by atoms with Gasteiger partial charge in [-0.3, -0.25) is 0 Å². The number of fused-ring (bicyclic) bond motifs is 9. The van der Waals surface area contributed by atoms with Crippen molar-refractivity contribution in [3.63, 3.8) is 0 Å². The van der Waals surface area contributed by atoms with Crippen LogP contribution in [0.3, 0.4) is 0 Å². The van der Waals surface area contributed by atoms with Crippen LogP contribution in [0.15, 0.2) is 144 Å². The molecule has 4 nitrogen and oxygen atoms in total. The van der Waals surface area contributed by atoms with Gasteiger partial charge in [0.25, 0.3) is 6.71 Å². The van der Waals surface area contributed by atoms with Gasteiger partial charge in [0.2, 0.25) is 0 Å². The Balaban J connectivity index is 1.17. The van der Waals surface area contributed by atoms with Gasteiger partial charge in [0.05, 0.1) is 5.69 Å². The second-order valence-corrected chi connectivity index (χ2v) is 30.7. The van der Waals surface area contributed by atoms with Crippen LogP contribution in [-0.2, 0) is 37.9 Å². The fraction of sp³-hybridized carbons (Fsp3) is 0.377. The van der Waals surface area contributed by atoms with E-state index in [9.17, 15) is 4.11 Å². The van der Waals surface area contributed by atoms with E-state index in [2.05, 4.69) is 261 Å². The Morgan fingerprint density at radius 2 is 0.988 bits per heavy atom. The number of furan rings is 1. The van der Waals surface area contributed by atoms with Crippen LogP contribution < -0.4 is 31.1 Å². The van der Waals surface area contributed by atoms with Crippen LogP contribution in [0.4, 0.5) is 51.2 Å². The summed E-state index contributed by atoms with van der Waals surface area (Å²) in [4.78, 5) is 7.35. The lowest BCUT2D eigenvalue weighted by Crippen LogP contribution is -2.61. The van der Waals surface area contributed by atoms with E-state index in [1.165, 1.54) is 44.4 Å². The van der Waals surface area contributed by atoms with Crippen molar-refractivity contribution in [2.45, 2.75) is 189 Å². The average Bonchev–Trinajstić information content (AvgIpc) is 1.47. The molecule has 0 radical (unpaired) electrons. The number of benzene rings is 8. The minimum absolute atomic E-state index is 0.00587. The van der Waals surface area contributed by atoms with Gasteiger partial charge in [0, 0.05) is 65.9 Å². The monoisotopic (exact) mass is 1080 g/mol. The third-order valence-electron chi connectivity index (χ3n) is 19.7. The van der Waals surface area contributed by atoms with Crippen LogP contribution in [0.1, 0.15) is 191 Å². The van der Waals surface area contributed by atoms with Crippen LogP contribution in [0.2, 0.25) is 0 Å². The summed E-state index contributed by atoms with van der Waals surface area (Å²) in [5.41, 5.74) is 24.1. The molecule has 2 aliphatic heterocycles. The molecule has 0 spiro atoms. The summed E-state index contributed by atoms with van der Waals surface area (Å²) in [5, 5.41) is 2.13. The summed E-state index contributed by atoms with van der Waals surface area (Å²) >= 11 is 0. The molecule has 5 heteroatoms. The Hall–Kier alpha value is -6.98. The molecule has 13 rings (SSSR count). The van der Waals surface area contributed by atoms with Crippen LogP contribution in [0.5, 0.6) is 0 Å². The third-order valence-corrected chi connectivity index (χ3v) is 19.7. The molecule has 0 atom stereocenters. The highest BCUT2D eigenvalue weighted by atomic mass is 16.3. The number of aryl methyl sites for hydroxylation is 2. The quantitative estimate of drug-likeness (QED) is 0.160. The van der Waals surface area contributed by atoms with Gasteiger partial charge in [-0.05, 0) is 211 Å². The van der Waals surface area contributed by atoms with E-state index >= 15 is 0 Å². The third kappa shape index (κ3) is 8.35. The highest BCUT2D eigenvalue weighted by Crippen LogP contribution is 2.56. The molecule has 0 saturated carbocycles. The van der Waals surface area contributed by atoms with Crippen molar-refractivity contribution >= 4 is 96.2 Å². The number of hydrogen-bond acceptors (Lipinski definition) is 4. The average molecular weight is 1080 g/mol. The minimum atomic E-state index is -2.45. The molecular formula is C77H86BN3O.